The van der Waals surface area contributed by atoms with Crippen LogP contribution in [0.4, 0.5) is 10.3 Å². The molecule has 2 aliphatic rings. The summed E-state index contributed by atoms with van der Waals surface area (Å²) in [5.74, 6) is 1.21. The molecule has 2 aliphatic heterocycles. The monoisotopic (exact) mass is 425 g/mol. The third kappa shape index (κ3) is 5.79. The first-order chi connectivity index (χ1) is 15.1. The molecule has 0 spiro atoms. The summed E-state index contributed by atoms with van der Waals surface area (Å²) in [6.07, 6.45) is 5.73. The van der Waals surface area contributed by atoms with Crippen molar-refractivity contribution >= 4 is 11.9 Å². The molecule has 4 rings (SSSR count). The number of aromatic nitrogens is 2. The van der Waals surface area contributed by atoms with Gasteiger partial charge in [-0.3, -0.25) is 9.69 Å². The van der Waals surface area contributed by atoms with Crippen molar-refractivity contribution in [3.05, 3.63) is 53.6 Å². The second-order valence-electron chi connectivity index (χ2n) is 8.84. The number of amides is 1. The smallest absolute Gasteiger partial charge is 0.225 e. The molecule has 0 unspecified atom stereocenters. The molecule has 0 aliphatic carbocycles. The van der Waals surface area contributed by atoms with Crippen LogP contribution >= 0.6 is 0 Å². The van der Waals surface area contributed by atoms with E-state index < -0.39 is 0 Å². The normalized spacial score (nSPS) is 20.6. The van der Waals surface area contributed by atoms with Gasteiger partial charge in [-0.1, -0.05) is 18.2 Å². The molecular formula is C24H32FN5O. The predicted molar refractivity (Wildman–Crippen MR) is 119 cm³/mol. The van der Waals surface area contributed by atoms with E-state index in [1.54, 1.807) is 12.3 Å². The lowest BCUT2D eigenvalue weighted by molar-refractivity contribution is -0.125. The maximum atomic E-state index is 13.9. The van der Waals surface area contributed by atoms with E-state index in [-0.39, 0.29) is 17.6 Å². The van der Waals surface area contributed by atoms with Crippen molar-refractivity contribution in [2.75, 3.05) is 37.6 Å². The van der Waals surface area contributed by atoms with Crippen molar-refractivity contribution in [3.8, 4) is 0 Å². The highest BCUT2D eigenvalue weighted by Crippen LogP contribution is 2.22. The standard InChI is InChI=1S/C24H32FN5O/c1-18-8-11-26-24(28-18)30-12-4-6-21(17-30)23(31)27-15-19-9-13-29(14-10-19)16-20-5-2-3-7-22(20)25/h2-3,5,7-8,11,19,21H,4,6,9-10,12-17H2,1H3,(H,27,31)/t21-/m0/s1. The zero-order chi connectivity index (χ0) is 21.6. The molecule has 6 nitrogen and oxygen atoms in total. The molecule has 166 valence electrons. The van der Waals surface area contributed by atoms with Gasteiger partial charge in [0.1, 0.15) is 5.82 Å². The Morgan fingerprint density at radius 1 is 1.16 bits per heavy atom. The van der Waals surface area contributed by atoms with Gasteiger partial charge in [0.05, 0.1) is 5.92 Å². The Morgan fingerprint density at radius 2 is 1.97 bits per heavy atom. The largest absolute Gasteiger partial charge is 0.356 e. The number of halogens is 1. The third-order valence-electron chi connectivity index (χ3n) is 6.48. The summed E-state index contributed by atoms with van der Waals surface area (Å²) in [4.78, 5) is 26.1. The van der Waals surface area contributed by atoms with E-state index in [1.807, 2.05) is 25.1 Å². The quantitative estimate of drug-likeness (QED) is 0.770. The van der Waals surface area contributed by atoms with Gasteiger partial charge in [0.2, 0.25) is 11.9 Å². The summed E-state index contributed by atoms with van der Waals surface area (Å²) in [7, 11) is 0. The minimum absolute atomic E-state index is 0.0148. The van der Waals surface area contributed by atoms with Crippen molar-refractivity contribution in [2.45, 2.75) is 39.2 Å². The number of rotatable bonds is 6. The number of carbonyl (C=O) groups is 1. The zero-order valence-electron chi connectivity index (χ0n) is 18.3. The molecular weight excluding hydrogens is 393 g/mol. The number of aryl methyl sites for hydroxylation is 1. The lowest BCUT2D eigenvalue weighted by Crippen LogP contribution is -2.45. The van der Waals surface area contributed by atoms with Crippen LogP contribution in [0.25, 0.3) is 0 Å². The van der Waals surface area contributed by atoms with Crippen molar-refractivity contribution in [1.29, 1.82) is 0 Å². The Hall–Kier alpha value is -2.54. The molecule has 0 saturated carbocycles. The Balaban J connectivity index is 1.21. The summed E-state index contributed by atoms with van der Waals surface area (Å²) in [6, 6.07) is 8.89. The SMILES string of the molecule is Cc1ccnc(N2CCC[C@H](C(=O)NCC3CCN(Cc4ccccc4F)CC3)C2)n1. The number of carbonyl (C=O) groups excluding carboxylic acids is 1. The van der Waals surface area contributed by atoms with Gasteiger partial charge < -0.3 is 10.2 Å². The minimum atomic E-state index is -0.130. The van der Waals surface area contributed by atoms with E-state index in [0.29, 0.717) is 19.0 Å². The van der Waals surface area contributed by atoms with Gasteiger partial charge in [0.25, 0.3) is 0 Å². The molecule has 2 aromatic rings. The fourth-order valence-electron chi connectivity index (χ4n) is 4.57. The van der Waals surface area contributed by atoms with Crippen molar-refractivity contribution in [3.63, 3.8) is 0 Å². The van der Waals surface area contributed by atoms with Gasteiger partial charge in [-0.25, -0.2) is 14.4 Å². The number of piperidine rings is 2. The van der Waals surface area contributed by atoms with Gasteiger partial charge in [-0.2, -0.15) is 0 Å². The van der Waals surface area contributed by atoms with Gasteiger partial charge in [0, 0.05) is 43.6 Å². The van der Waals surface area contributed by atoms with Crippen LogP contribution in [-0.4, -0.2) is 53.5 Å². The maximum Gasteiger partial charge on any atom is 0.225 e. The van der Waals surface area contributed by atoms with E-state index in [1.165, 1.54) is 6.07 Å². The summed E-state index contributed by atoms with van der Waals surface area (Å²) >= 11 is 0. The number of nitrogens with zero attached hydrogens (tertiary/aromatic N) is 4. The van der Waals surface area contributed by atoms with Crippen LogP contribution in [0.3, 0.4) is 0 Å². The minimum Gasteiger partial charge on any atom is -0.356 e. The number of hydrogen-bond donors (Lipinski definition) is 1. The second kappa shape index (κ2) is 10.2. The van der Waals surface area contributed by atoms with Gasteiger partial charge >= 0.3 is 0 Å². The van der Waals surface area contributed by atoms with Crippen LogP contribution in [0.5, 0.6) is 0 Å². The van der Waals surface area contributed by atoms with Crippen LogP contribution in [0, 0.1) is 24.6 Å². The number of anilines is 1. The predicted octanol–water partition coefficient (Wildman–Crippen LogP) is 3.17. The van der Waals surface area contributed by atoms with Crippen molar-refractivity contribution in [1.82, 2.24) is 20.2 Å². The molecule has 2 fully saturated rings. The first-order valence-corrected chi connectivity index (χ1v) is 11.4. The lowest BCUT2D eigenvalue weighted by atomic mass is 9.94. The number of hydrogen-bond acceptors (Lipinski definition) is 5. The van der Waals surface area contributed by atoms with Crippen LogP contribution in [0.1, 0.15) is 36.9 Å². The fourth-order valence-corrected chi connectivity index (χ4v) is 4.57. The topological polar surface area (TPSA) is 61.4 Å². The van der Waals surface area contributed by atoms with E-state index in [4.69, 9.17) is 0 Å². The van der Waals surface area contributed by atoms with Crippen LogP contribution in [0.15, 0.2) is 36.5 Å². The molecule has 1 amide bonds. The van der Waals surface area contributed by atoms with E-state index >= 15 is 0 Å². The molecule has 1 aromatic heterocycles. The second-order valence-corrected chi connectivity index (χ2v) is 8.84. The van der Waals surface area contributed by atoms with Gasteiger partial charge in [0.15, 0.2) is 0 Å². The zero-order valence-corrected chi connectivity index (χ0v) is 18.3. The molecule has 3 heterocycles. The maximum absolute atomic E-state index is 13.9. The molecule has 2 saturated heterocycles. The fraction of sp³-hybridized carbons (Fsp3) is 0.542. The molecule has 31 heavy (non-hydrogen) atoms. The number of nitrogens with one attached hydrogen (secondary N) is 1. The summed E-state index contributed by atoms with van der Waals surface area (Å²) in [5.41, 5.74) is 1.70. The summed E-state index contributed by atoms with van der Waals surface area (Å²) in [5, 5.41) is 3.19. The number of benzene rings is 1. The van der Waals surface area contributed by atoms with Crippen molar-refractivity contribution < 1.29 is 9.18 Å². The number of likely N-dealkylation sites (tertiary alicyclic amines) is 1. The van der Waals surface area contributed by atoms with E-state index in [2.05, 4.69) is 25.1 Å². The van der Waals surface area contributed by atoms with Crippen LogP contribution in [0.2, 0.25) is 0 Å². The van der Waals surface area contributed by atoms with E-state index in [9.17, 15) is 9.18 Å². The van der Waals surface area contributed by atoms with Crippen LogP contribution in [-0.2, 0) is 11.3 Å². The molecule has 1 N–H and O–H groups in total. The average molecular weight is 426 g/mol. The Bertz CT molecular complexity index is 884. The molecule has 1 atom stereocenters. The summed E-state index contributed by atoms with van der Waals surface area (Å²) in [6.45, 7) is 6.80. The Labute approximate surface area is 183 Å². The highest BCUT2D eigenvalue weighted by atomic mass is 19.1. The third-order valence-corrected chi connectivity index (χ3v) is 6.48. The highest BCUT2D eigenvalue weighted by Gasteiger charge is 2.28. The van der Waals surface area contributed by atoms with Crippen LogP contribution < -0.4 is 10.2 Å². The molecule has 1 aromatic carbocycles. The Kier molecular flexibility index (Phi) is 7.12. The van der Waals surface area contributed by atoms with Gasteiger partial charge in [-0.15, -0.1) is 0 Å². The van der Waals surface area contributed by atoms with Crippen molar-refractivity contribution in [2.24, 2.45) is 11.8 Å². The van der Waals surface area contributed by atoms with Gasteiger partial charge in [-0.05, 0) is 63.7 Å². The van der Waals surface area contributed by atoms with E-state index in [0.717, 1.165) is 69.1 Å². The Morgan fingerprint density at radius 3 is 2.74 bits per heavy atom. The highest BCUT2D eigenvalue weighted by molar-refractivity contribution is 5.79. The molecule has 0 radical (unpaired) electrons. The first kappa shape index (κ1) is 21.7. The average Bonchev–Trinajstić information content (AvgIpc) is 2.80. The lowest BCUT2D eigenvalue weighted by Gasteiger charge is -2.34. The summed E-state index contributed by atoms with van der Waals surface area (Å²) < 4.78 is 13.9. The molecule has 0 bridgehead atoms. The molecule has 7 heteroatoms. The first-order valence-electron chi connectivity index (χ1n) is 11.4.